The Morgan fingerprint density at radius 2 is 2.25 bits per heavy atom. The lowest BCUT2D eigenvalue weighted by molar-refractivity contribution is 1.01. The van der Waals surface area contributed by atoms with Crippen molar-refractivity contribution in [2.75, 3.05) is 5.73 Å². The Bertz CT molecular complexity index is 509. The second-order valence-electron chi connectivity index (χ2n) is 3.48. The Morgan fingerprint density at radius 1 is 1.56 bits per heavy atom. The molecule has 0 unspecified atom stereocenters. The summed E-state index contributed by atoms with van der Waals surface area (Å²) < 4.78 is 1.50. The van der Waals surface area contributed by atoms with Crippen LogP contribution in [0.5, 0.6) is 0 Å². The molecule has 0 saturated carbocycles. The summed E-state index contributed by atoms with van der Waals surface area (Å²) in [6.45, 7) is 7.09. The van der Waals surface area contributed by atoms with Crippen LogP contribution < -0.4 is 11.3 Å². The zero-order valence-corrected chi connectivity index (χ0v) is 9.47. The minimum Gasteiger partial charge on any atom is -0.394 e. The maximum absolute atomic E-state index is 11.7. The number of aromatic nitrogens is 1. The van der Waals surface area contributed by atoms with Crippen LogP contribution in [0.15, 0.2) is 46.0 Å². The third-order valence-electron chi connectivity index (χ3n) is 2.09. The van der Waals surface area contributed by atoms with Crippen LogP contribution in [-0.4, -0.2) is 11.3 Å². The number of hydrogen-bond donors (Lipinski definition) is 1. The summed E-state index contributed by atoms with van der Waals surface area (Å²) in [5.41, 5.74) is 7.27. The molecule has 4 heteroatoms. The van der Waals surface area contributed by atoms with Gasteiger partial charge < -0.3 is 5.73 Å². The van der Waals surface area contributed by atoms with E-state index in [1.807, 2.05) is 19.9 Å². The fraction of sp³-hybridized carbons (Fsp3) is 0.167. The number of nitrogens with zero attached hydrogens (tertiary/aromatic N) is 2. The van der Waals surface area contributed by atoms with Crippen LogP contribution >= 0.6 is 0 Å². The second kappa shape index (κ2) is 5.11. The summed E-state index contributed by atoms with van der Waals surface area (Å²) in [5, 5.41) is 0. The highest BCUT2D eigenvalue weighted by molar-refractivity contribution is 5.50. The predicted octanol–water partition coefficient (Wildman–Crippen LogP) is 1.90. The van der Waals surface area contributed by atoms with Crippen LogP contribution in [0.1, 0.15) is 13.8 Å². The van der Waals surface area contributed by atoms with Gasteiger partial charge in [-0.3, -0.25) is 14.4 Å². The van der Waals surface area contributed by atoms with Gasteiger partial charge in [0.15, 0.2) is 0 Å². The van der Waals surface area contributed by atoms with E-state index >= 15 is 0 Å². The molecular weight excluding hydrogens is 202 g/mol. The lowest BCUT2D eigenvalue weighted by atomic mass is 10.2. The fourth-order valence-corrected chi connectivity index (χ4v) is 1.37. The van der Waals surface area contributed by atoms with Gasteiger partial charge in [-0.05, 0) is 44.3 Å². The Morgan fingerprint density at radius 3 is 2.88 bits per heavy atom. The second-order valence-corrected chi connectivity index (χ2v) is 3.48. The lowest BCUT2D eigenvalue weighted by Crippen LogP contribution is -2.20. The van der Waals surface area contributed by atoms with Crippen molar-refractivity contribution in [3.8, 4) is 0 Å². The van der Waals surface area contributed by atoms with Crippen molar-refractivity contribution in [2.24, 2.45) is 4.99 Å². The molecule has 0 radical (unpaired) electrons. The first kappa shape index (κ1) is 12.0. The number of allylic oxidation sites excluding steroid dienone is 3. The van der Waals surface area contributed by atoms with Crippen LogP contribution in [0.25, 0.3) is 5.70 Å². The zero-order chi connectivity index (χ0) is 12.1. The van der Waals surface area contributed by atoms with E-state index in [0.29, 0.717) is 0 Å². The zero-order valence-electron chi connectivity index (χ0n) is 9.47. The molecule has 0 bridgehead atoms. The van der Waals surface area contributed by atoms with Crippen molar-refractivity contribution in [1.29, 1.82) is 0 Å². The highest BCUT2D eigenvalue weighted by Crippen LogP contribution is 2.06. The molecule has 1 aromatic heterocycles. The van der Waals surface area contributed by atoms with Gasteiger partial charge in [-0.25, -0.2) is 0 Å². The lowest BCUT2D eigenvalue weighted by Gasteiger charge is -2.06. The molecule has 1 heterocycles. The van der Waals surface area contributed by atoms with Crippen molar-refractivity contribution in [1.82, 2.24) is 4.57 Å². The molecule has 0 saturated heterocycles. The Labute approximate surface area is 94.4 Å². The first-order valence-corrected chi connectivity index (χ1v) is 4.84. The van der Waals surface area contributed by atoms with Crippen molar-refractivity contribution in [3.05, 3.63) is 46.5 Å². The molecule has 1 rings (SSSR count). The van der Waals surface area contributed by atoms with Crippen LogP contribution in [0.4, 0.5) is 5.69 Å². The van der Waals surface area contributed by atoms with Gasteiger partial charge in [0.05, 0.1) is 5.69 Å². The van der Waals surface area contributed by atoms with Crippen LogP contribution in [0.2, 0.25) is 0 Å². The number of aliphatic imine (C=N–C) groups is 1. The van der Waals surface area contributed by atoms with E-state index in [2.05, 4.69) is 11.7 Å². The monoisotopic (exact) mass is 217 g/mol. The third kappa shape index (κ3) is 2.70. The molecule has 4 nitrogen and oxygen atoms in total. The van der Waals surface area contributed by atoms with Crippen molar-refractivity contribution in [2.45, 2.75) is 13.8 Å². The van der Waals surface area contributed by atoms with Gasteiger partial charge in [0.25, 0.3) is 5.56 Å². The maximum Gasteiger partial charge on any atom is 0.277 e. The normalized spacial score (nSPS) is 12.6. The number of nitrogens with two attached hydrogens (primary N) is 1. The molecule has 16 heavy (non-hydrogen) atoms. The number of pyridine rings is 1. The molecule has 84 valence electrons. The predicted molar refractivity (Wildman–Crippen MR) is 68.4 cm³/mol. The van der Waals surface area contributed by atoms with Crippen molar-refractivity contribution in [3.63, 3.8) is 0 Å². The Hall–Kier alpha value is -2.10. The number of hydrogen-bond acceptors (Lipinski definition) is 3. The molecule has 2 N–H and O–H groups in total. The summed E-state index contributed by atoms with van der Waals surface area (Å²) in [6.07, 6.45) is 5.15. The molecule has 0 fully saturated rings. The van der Waals surface area contributed by atoms with E-state index in [-0.39, 0.29) is 11.2 Å². The van der Waals surface area contributed by atoms with E-state index in [9.17, 15) is 4.79 Å². The van der Waals surface area contributed by atoms with E-state index in [4.69, 9.17) is 5.73 Å². The van der Waals surface area contributed by atoms with Crippen LogP contribution in [-0.2, 0) is 0 Å². The minimum absolute atomic E-state index is 0.212. The van der Waals surface area contributed by atoms with E-state index in [1.165, 1.54) is 4.57 Å². The van der Waals surface area contributed by atoms with Gasteiger partial charge in [0.2, 0.25) is 0 Å². The fourth-order valence-electron chi connectivity index (χ4n) is 1.37. The average molecular weight is 217 g/mol. The van der Waals surface area contributed by atoms with E-state index < -0.39 is 0 Å². The largest absolute Gasteiger partial charge is 0.394 e. The molecule has 0 spiro atoms. The van der Waals surface area contributed by atoms with Gasteiger partial charge in [-0.2, -0.15) is 0 Å². The highest BCUT2D eigenvalue weighted by atomic mass is 16.1. The SMILES string of the molecule is C=N/C=C(C)\C=C(/C)n1cccc(N)c1=O. The molecule has 0 aliphatic heterocycles. The topological polar surface area (TPSA) is 60.4 Å². The Kier molecular flexibility index (Phi) is 3.83. The van der Waals surface area contributed by atoms with Crippen LogP contribution in [0, 0.1) is 0 Å². The Balaban J connectivity index is 3.20. The molecule has 0 aliphatic rings. The van der Waals surface area contributed by atoms with E-state index in [0.717, 1.165) is 11.3 Å². The van der Waals surface area contributed by atoms with Gasteiger partial charge in [-0.1, -0.05) is 0 Å². The summed E-state index contributed by atoms with van der Waals surface area (Å²) in [5.74, 6) is 0. The van der Waals surface area contributed by atoms with Gasteiger partial charge in [0.1, 0.15) is 0 Å². The standard InChI is InChI=1S/C12H15N3O/c1-9(8-14-3)7-10(2)15-6-4-5-11(13)12(15)16/h4-8H,3,13H2,1-2H3/b9-8-,10-7+. The number of nitrogen functional groups attached to an aromatic ring is 1. The van der Waals surface area contributed by atoms with Crippen molar-refractivity contribution < 1.29 is 0 Å². The summed E-state index contributed by atoms with van der Waals surface area (Å²) in [4.78, 5) is 15.3. The average Bonchev–Trinajstić information content (AvgIpc) is 2.22. The number of anilines is 1. The molecular formula is C12H15N3O. The molecule has 0 atom stereocenters. The van der Waals surface area contributed by atoms with Gasteiger partial charge >= 0.3 is 0 Å². The number of rotatable bonds is 3. The minimum atomic E-state index is -0.212. The van der Waals surface area contributed by atoms with E-state index in [1.54, 1.807) is 24.5 Å². The molecule has 0 aliphatic carbocycles. The molecule has 0 amide bonds. The summed E-state index contributed by atoms with van der Waals surface area (Å²) in [7, 11) is 0. The summed E-state index contributed by atoms with van der Waals surface area (Å²) >= 11 is 0. The van der Waals surface area contributed by atoms with Crippen LogP contribution in [0.3, 0.4) is 0 Å². The highest BCUT2D eigenvalue weighted by Gasteiger charge is 2.00. The van der Waals surface area contributed by atoms with Gasteiger partial charge in [-0.15, -0.1) is 0 Å². The third-order valence-corrected chi connectivity index (χ3v) is 2.09. The molecule has 1 aromatic rings. The summed E-state index contributed by atoms with van der Waals surface area (Å²) in [6, 6.07) is 3.32. The van der Waals surface area contributed by atoms with Gasteiger partial charge in [0, 0.05) is 18.1 Å². The maximum atomic E-state index is 11.7. The smallest absolute Gasteiger partial charge is 0.277 e. The quantitative estimate of drug-likeness (QED) is 0.621. The first-order valence-electron chi connectivity index (χ1n) is 4.84. The first-order chi connectivity index (χ1) is 7.56. The van der Waals surface area contributed by atoms with Crippen molar-refractivity contribution >= 4 is 18.1 Å². The molecule has 0 aromatic carbocycles.